The van der Waals surface area contributed by atoms with Crippen molar-refractivity contribution in [3.8, 4) is 0 Å². The van der Waals surface area contributed by atoms with E-state index in [0.29, 0.717) is 18.2 Å². The monoisotopic (exact) mass is 292 g/mol. The van der Waals surface area contributed by atoms with Crippen molar-refractivity contribution in [2.24, 2.45) is 0 Å². The highest BCUT2D eigenvalue weighted by atomic mass is 16.5. The molecule has 5 heteroatoms. The lowest BCUT2D eigenvalue weighted by Gasteiger charge is -2.37. The Labute approximate surface area is 125 Å². The van der Waals surface area contributed by atoms with Crippen LogP contribution >= 0.6 is 0 Å². The van der Waals surface area contributed by atoms with Crippen molar-refractivity contribution in [3.05, 3.63) is 24.2 Å². The zero-order chi connectivity index (χ0) is 14.1. The molecule has 0 amide bonds. The molecular formula is C16H24N2O3. The molecule has 5 nitrogen and oxygen atoms in total. The minimum Gasteiger partial charge on any atom is -0.472 e. The number of morpholine rings is 1. The Bertz CT molecular complexity index is 444. The number of hydrogen-bond donors (Lipinski definition) is 0. The Morgan fingerprint density at radius 1 is 1.14 bits per heavy atom. The number of likely N-dealkylation sites (tertiary alicyclic amines) is 1. The zero-order valence-corrected chi connectivity index (χ0v) is 12.4. The summed E-state index contributed by atoms with van der Waals surface area (Å²) in [5, 5.41) is 0. The van der Waals surface area contributed by atoms with Crippen molar-refractivity contribution in [1.82, 2.24) is 9.80 Å². The molecule has 0 aromatic carbocycles. The smallest absolute Gasteiger partial charge is 0.0947 e. The fourth-order valence-corrected chi connectivity index (χ4v) is 4.06. The number of hydrogen-bond acceptors (Lipinski definition) is 5. The molecule has 1 aromatic rings. The maximum atomic E-state index is 6.17. The summed E-state index contributed by atoms with van der Waals surface area (Å²) < 4.78 is 16.9. The van der Waals surface area contributed by atoms with E-state index in [1.807, 2.05) is 6.26 Å². The van der Waals surface area contributed by atoms with E-state index in [1.54, 1.807) is 6.26 Å². The highest BCUT2D eigenvalue weighted by molar-refractivity contribution is 5.09. The minimum atomic E-state index is 0.365. The van der Waals surface area contributed by atoms with Gasteiger partial charge in [-0.15, -0.1) is 0 Å². The van der Waals surface area contributed by atoms with Crippen LogP contribution in [0.2, 0.25) is 0 Å². The van der Waals surface area contributed by atoms with Crippen LogP contribution in [0.4, 0.5) is 0 Å². The van der Waals surface area contributed by atoms with Crippen molar-refractivity contribution < 1.29 is 13.9 Å². The standard InChI is InChI=1S/C16H24N2O3/c1-2-14-16(21-6-1)15(17-4-8-19-9-5-17)11-18(14)10-13-3-7-20-12-13/h3,7,12,14-16H,1-2,4-6,8-11H2/t14-,15-,16+/m0/s1. The summed E-state index contributed by atoms with van der Waals surface area (Å²) in [7, 11) is 0. The molecule has 0 saturated carbocycles. The molecule has 0 unspecified atom stereocenters. The number of rotatable bonds is 3. The lowest BCUT2D eigenvalue weighted by Crippen LogP contribution is -2.51. The van der Waals surface area contributed by atoms with Gasteiger partial charge in [0, 0.05) is 44.4 Å². The van der Waals surface area contributed by atoms with E-state index in [9.17, 15) is 0 Å². The van der Waals surface area contributed by atoms with Gasteiger partial charge in [-0.1, -0.05) is 0 Å². The van der Waals surface area contributed by atoms with Crippen LogP contribution in [0, 0.1) is 0 Å². The van der Waals surface area contributed by atoms with Gasteiger partial charge in [0.1, 0.15) is 0 Å². The van der Waals surface area contributed by atoms with Crippen LogP contribution in [0.25, 0.3) is 0 Å². The summed E-state index contributed by atoms with van der Waals surface area (Å²) in [5.74, 6) is 0. The molecule has 0 spiro atoms. The van der Waals surface area contributed by atoms with Crippen LogP contribution in [-0.4, -0.2) is 67.4 Å². The van der Waals surface area contributed by atoms with Crippen molar-refractivity contribution in [2.75, 3.05) is 39.5 Å². The molecule has 0 aliphatic carbocycles. The van der Waals surface area contributed by atoms with Crippen molar-refractivity contribution in [1.29, 1.82) is 0 Å². The fourth-order valence-electron chi connectivity index (χ4n) is 4.06. The van der Waals surface area contributed by atoms with Gasteiger partial charge < -0.3 is 13.9 Å². The van der Waals surface area contributed by atoms with Crippen LogP contribution in [0.1, 0.15) is 18.4 Å². The predicted octanol–water partition coefficient (Wildman–Crippen LogP) is 1.34. The fraction of sp³-hybridized carbons (Fsp3) is 0.750. The van der Waals surface area contributed by atoms with E-state index < -0.39 is 0 Å². The summed E-state index contributed by atoms with van der Waals surface area (Å²) >= 11 is 0. The first-order valence-electron chi connectivity index (χ1n) is 8.10. The van der Waals surface area contributed by atoms with E-state index in [0.717, 1.165) is 46.0 Å². The molecule has 1 aromatic heterocycles. The third kappa shape index (κ3) is 2.75. The van der Waals surface area contributed by atoms with Crippen LogP contribution < -0.4 is 0 Å². The maximum absolute atomic E-state index is 6.17. The summed E-state index contributed by atoms with van der Waals surface area (Å²) in [5.41, 5.74) is 1.27. The van der Waals surface area contributed by atoms with Gasteiger partial charge in [-0.2, -0.15) is 0 Å². The third-order valence-electron chi connectivity index (χ3n) is 5.08. The molecule has 4 rings (SSSR count). The topological polar surface area (TPSA) is 38.1 Å². The summed E-state index contributed by atoms with van der Waals surface area (Å²) in [6.07, 6.45) is 6.42. The first-order chi connectivity index (χ1) is 10.4. The van der Waals surface area contributed by atoms with Crippen LogP contribution in [0.5, 0.6) is 0 Å². The first-order valence-corrected chi connectivity index (χ1v) is 8.10. The molecule has 3 aliphatic heterocycles. The first kappa shape index (κ1) is 13.8. The van der Waals surface area contributed by atoms with Gasteiger partial charge in [0.05, 0.1) is 37.9 Å². The molecule has 3 aliphatic rings. The third-order valence-corrected chi connectivity index (χ3v) is 5.08. The van der Waals surface area contributed by atoms with Gasteiger partial charge in [0.25, 0.3) is 0 Å². The SMILES string of the molecule is c1cc(CN2C[C@H](N3CCOCC3)[C@@H]3OCCC[C@@H]32)co1. The molecule has 0 radical (unpaired) electrons. The van der Waals surface area contributed by atoms with Crippen LogP contribution in [0.3, 0.4) is 0 Å². The maximum Gasteiger partial charge on any atom is 0.0947 e. The molecular weight excluding hydrogens is 268 g/mol. The van der Waals surface area contributed by atoms with Gasteiger partial charge >= 0.3 is 0 Å². The zero-order valence-electron chi connectivity index (χ0n) is 12.4. The second kappa shape index (κ2) is 6.08. The summed E-state index contributed by atoms with van der Waals surface area (Å²) in [4.78, 5) is 5.16. The van der Waals surface area contributed by atoms with Crippen molar-refractivity contribution >= 4 is 0 Å². The molecule has 0 bridgehead atoms. The number of ether oxygens (including phenoxy) is 2. The van der Waals surface area contributed by atoms with E-state index in [4.69, 9.17) is 13.9 Å². The highest BCUT2D eigenvalue weighted by Crippen LogP contribution is 2.33. The quantitative estimate of drug-likeness (QED) is 0.840. The minimum absolute atomic E-state index is 0.365. The Morgan fingerprint density at radius 2 is 2.05 bits per heavy atom. The Kier molecular flexibility index (Phi) is 3.99. The van der Waals surface area contributed by atoms with Gasteiger partial charge in [-0.3, -0.25) is 9.80 Å². The number of furan rings is 1. The summed E-state index contributed by atoms with van der Waals surface area (Å²) in [6, 6.07) is 3.15. The molecule has 0 N–H and O–H groups in total. The highest BCUT2D eigenvalue weighted by Gasteiger charge is 2.46. The normalized spacial score (nSPS) is 35.0. The molecule has 116 valence electrons. The van der Waals surface area contributed by atoms with Crippen LogP contribution in [0.15, 0.2) is 23.0 Å². The lowest BCUT2D eigenvalue weighted by molar-refractivity contribution is -0.0593. The lowest BCUT2D eigenvalue weighted by atomic mass is 10.00. The largest absolute Gasteiger partial charge is 0.472 e. The van der Waals surface area contributed by atoms with Crippen molar-refractivity contribution in [3.63, 3.8) is 0 Å². The molecule has 4 heterocycles. The summed E-state index contributed by atoms with van der Waals surface area (Å²) in [6.45, 7) is 6.78. The average Bonchev–Trinajstić information content (AvgIpc) is 3.17. The van der Waals surface area contributed by atoms with Gasteiger partial charge in [-0.25, -0.2) is 0 Å². The van der Waals surface area contributed by atoms with Gasteiger partial charge in [0.15, 0.2) is 0 Å². The molecule has 3 atom stereocenters. The van der Waals surface area contributed by atoms with E-state index in [1.165, 1.54) is 18.4 Å². The number of nitrogens with zero attached hydrogens (tertiary/aromatic N) is 2. The molecule has 3 saturated heterocycles. The predicted molar refractivity (Wildman–Crippen MR) is 78.1 cm³/mol. The second-order valence-electron chi connectivity index (χ2n) is 6.32. The Balaban J connectivity index is 1.49. The van der Waals surface area contributed by atoms with E-state index in [-0.39, 0.29) is 0 Å². The van der Waals surface area contributed by atoms with E-state index >= 15 is 0 Å². The van der Waals surface area contributed by atoms with Gasteiger partial charge in [0.2, 0.25) is 0 Å². The van der Waals surface area contributed by atoms with E-state index in [2.05, 4.69) is 15.9 Å². The van der Waals surface area contributed by atoms with Crippen molar-refractivity contribution in [2.45, 2.75) is 37.6 Å². The molecule has 3 fully saturated rings. The Hall–Kier alpha value is -0.880. The van der Waals surface area contributed by atoms with Crippen LogP contribution in [-0.2, 0) is 16.0 Å². The second-order valence-corrected chi connectivity index (χ2v) is 6.32. The van der Waals surface area contributed by atoms with Gasteiger partial charge in [-0.05, 0) is 18.9 Å². The molecule has 21 heavy (non-hydrogen) atoms. The number of fused-ring (bicyclic) bond motifs is 1. The average molecular weight is 292 g/mol. The Morgan fingerprint density at radius 3 is 2.86 bits per heavy atom.